The molecule has 1 saturated heterocycles. The van der Waals surface area contributed by atoms with Gasteiger partial charge in [0.1, 0.15) is 12.4 Å². The largest absolute Gasteiger partial charge is 0.497 e. The molecule has 0 spiro atoms. The fourth-order valence-electron chi connectivity index (χ4n) is 6.03. The maximum atomic E-state index is 13.1. The van der Waals surface area contributed by atoms with E-state index in [1.165, 1.54) is 5.56 Å². The summed E-state index contributed by atoms with van der Waals surface area (Å²) >= 11 is 0. The molecule has 0 amide bonds. The van der Waals surface area contributed by atoms with E-state index in [2.05, 4.69) is 24.1 Å². The van der Waals surface area contributed by atoms with Crippen molar-refractivity contribution in [2.24, 2.45) is 5.92 Å². The standard InChI is InChI=1S/C27H31NO5/c1-28-12-11-27-15-22(29)24(32-4)14-20(27)21(28)13-18-7-10-23(31-3)26(25(18)27)33-16-17-5-8-19(30-2)9-6-17/h5-10,14,20-21H,11-13,15-16H2,1-4H3/t20-,21+,27-/m1/s1. The van der Waals surface area contributed by atoms with Crippen molar-refractivity contribution in [2.45, 2.75) is 37.3 Å². The number of carbonyl (C=O) groups is 1. The minimum atomic E-state index is -0.312. The molecule has 0 radical (unpaired) electrons. The molecular weight excluding hydrogens is 418 g/mol. The minimum absolute atomic E-state index is 0.0637. The van der Waals surface area contributed by atoms with Gasteiger partial charge in [0.15, 0.2) is 23.0 Å². The Kier molecular flexibility index (Phi) is 5.57. The van der Waals surface area contributed by atoms with Gasteiger partial charge in [-0.1, -0.05) is 18.2 Å². The average molecular weight is 450 g/mol. The second-order valence-electron chi connectivity index (χ2n) is 9.29. The smallest absolute Gasteiger partial charge is 0.197 e. The van der Waals surface area contributed by atoms with Gasteiger partial charge in [-0.3, -0.25) is 4.79 Å². The topological polar surface area (TPSA) is 57.2 Å². The van der Waals surface area contributed by atoms with Crippen LogP contribution in [0.5, 0.6) is 17.2 Å². The first kappa shape index (κ1) is 21.8. The van der Waals surface area contributed by atoms with Crippen molar-refractivity contribution in [3.63, 3.8) is 0 Å². The lowest BCUT2D eigenvalue weighted by atomic mass is 9.53. The summed E-state index contributed by atoms with van der Waals surface area (Å²) in [5, 5.41) is 0. The van der Waals surface area contributed by atoms with Crippen LogP contribution in [0.15, 0.2) is 48.2 Å². The Bertz CT molecular complexity index is 1090. The zero-order chi connectivity index (χ0) is 23.2. The number of piperidine rings is 1. The lowest BCUT2D eigenvalue weighted by molar-refractivity contribution is -0.122. The van der Waals surface area contributed by atoms with Crippen molar-refractivity contribution in [1.29, 1.82) is 0 Å². The van der Waals surface area contributed by atoms with E-state index in [1.807, 2.05) is 30.3 Å². The highest BCUT2D eigenvalue weighted by Crippen LogP contribution is 2.58. The van der Waals surface area contributed by atoms with Crippen molar-refractivity contribution in [1.82, 2.24) is 4.90 Å². The van der Waals surface area contributed by atoms with Crippen LogP contribution in [0.3, 0.4) is 0 Å². The Balaban J connectivity index is 1.60. The third-order valence-corrected chi connectivity index (χ3v) is 7.73. The molecule has 2 aliphatic carbocycles. The number of benzene rings is 2. The van der Waals surface area contributed by atoms with Crippen LogP contribution < -0.4 is 14.2 Å². The molecule has 174 valence electrons. The van der Waals surface area contributed by atoms with Crippen molar-refractivity contribution in [2.75, 3.05) is 34.9 Å². The first-order valence-corrected chi connectivity index (χ1v) is 11.5. The van der Waals surface area contributed by atoms with Gasteiger partial charge in [0.05, 0.1) is 21.3 Å². The van der Waals surface area contributed by atoms with Gasteiger partial charge in [-0.15, -0.1) is 0 Å². The minimum Gasteiger partial charge on any atom is -0.497 e. The molecule has 0 aromatic heterocycles. The van der Waals surface area contributed by atoms with E-state index in [4.69, 9.17) is 18.9 Å². The van der Waals surface area contributed by atoms with E-state index in [-0.39, 0.29) is 17.1 Å². The number of allylic oxidation sites excluding steroid dienone is 1. The van der Waals surface area contributed by atoms with Crippen LogP contribution >= 0.6 is 0 Å². The molecule has 2 bridgehead atoms. The van der Waals surface area contributed by atoms with Crippen LogP contribution in [0.1, 0.15) is 29.5 Å². The number of likely N-dealkylation sites (tertiary alicyclic amines) is 1. The Hall–Kier alpha value is -2.99. The molecule has 6 nitrogen and oxygen atoms in total. The molecule has 1 fully saturated rings. The van der Waals surface area contributed by atoms with Gasteiger partial charge < -0.3 is 23.8 Å². The van der Waals surface area contributed by atoms with Gasteiger partial charge in [-0.2, -0.15) is 0 Å². The summed E-state index contributed by atoms with van der Waals surface area (Å²) in [6.07, 6.45) is 4.30. The summed E-state index contributed by atoms with van der Waals surface area (Å²) in [6, 6.07) is 12.4. The lowest BCUT2D eigenvalue weighted by Gasteiger charge is -2.56. The third kappa shape index (κ3) is 3.48. The number of hydrogen-bond donors (Lipinski definition) is 0. The van der Waals surface area contributed by atoms with Crippen molar-refractivity contribution in [3.8, 4) is 17.2 Å². The van der Waals surface area contributed by atoms with Gasteiger partial charge >= 0.3 is 0 Å². The van der Waals surface area contributed by atoms with Crippen LogP contribution in [0.25, 0.3) is 0 Å². The van der Waals surface area contributed by atoms with Crippen LogP contribution in [0, 0.1) is 5.92 Å². The SMILES string of the molecule is COC1=C[C@@H]2[C@@H]3Cc4ccc(OC)c(OCc5ccc(OC)cc5)c4[C@]2(CCN3C)CC1=O. The van der Waals surface area contributed by atoms with Crippen molar-refractivity contribution < 1.29 is 23.7 Å². The highest BCUT2D eigenvalue weighted by Gasteiger charge is 2.56. The molecule has 0 unspecified atom stereocenters. The van der Waals surface area contributed by atoms with Gasteiger partial charge in [0, 0.05) is 29.4 Å². The molecular formula is C27H31NO5. The molecule has 3 atom stereocenters. The molecule has 1 heterocycles. The van der Waals surface area contributed by atoms with E-state index >= 15 is 0 Å². The number of fused-ring (bicyclic) bond motifs is 1. The Morgan fingerprint density at radius 2 is 1.82 bits per heavy atom. The Morgan fingerprint density at radius 1 is 1.03 bits per heavy atom. The Morgan fingerprint density at radius 3 is 2.52 bits per heavy atom. The first-order chi connectivity index (χ1) is 16.0. The van der Waals surface area contributed by atoms with Crippen molar-refractivity contribution >= 4 is 5.78 Å². The maximum Gasteiger partial charge on any atom is 0.197 e. The van der Waals surface area contributed by atoms with E-state index in [0.29, 0.717) is 30.6 Å². The zero-order valence-corrected chi connectivity index (χ0v) is 19.7. The summed E-state index contributed by atoms with van der Waals surface area (Å²) in [7, 11) is 7.10. The Labute approximate surface area is 195 Å². The van der Waals surface area contributed by atoms with Crippen LogP contribution in [-0.2, 0) is 28.0 Å². The molecule has 0 saturated carbocycles. The van der Waals surface area contributed by atoms with Crippen LogP contribution in [-0.4, -0.2) is 51.6 Å². The first-order valence-electron chi connectivity index (χ1n) is 11.5. The van der Waals surface area contributed by atoms with Gasteiger partial charge in [0.25, 0.3) is 0 Å². The third-order valence-electron chi connectivity index (χ3n) is 7.73. The fourth-order valence-corrected chi connectivity index (χ4v) is 6.03. The number of nitrogens with zero attached hydrogens (tertiary/aromatic N) is 1. The number of Topliss-reactive ketones (excluding diaryl/α,β-unsaturated/α-hetero) is 1. The summed E-state index contributed by atoms with van der Waals surface area (Å²) in [6.45, 7) is 1.35. The molecule has 5 rings (SSSR count). The molecule has 3 aliphatic rings. The zero-order valence-electron chi connectivity index (χ0n) is 19.7. The predicted octanol–water partition coefficient (Wildman–Crippen LogP) is 3.90. The summed E-state index contributed by atoms with van der Waals surface area (Å²) in [4.78, 5) is 15.5. The second-order valence-corrected chi connectivity index (χ2v) is 9.29. The van der Waals surface area contributed by atoms with E-state index < -0.39 is 0 Å². The molecule has 2 aromatic carbocycles. The van der Waals surface area contributed by atoms with E-state index in [9.17, 15) is 4.79 Å². The second kappa shape index (κ2) is 8.41. The normalized spacial score (nSPS) is 26.1. The quantitative estimate of drug-likeness (QED) is 0.667. The molecule has 6 heteroatoms. The number of hydrogen-bond acceptors (Lipinski definition) is 6. The van der Waals surface area contributed by atoms with Crippen molar-refractivity contribution in [3.05, 3.63) is 64.9 Å². The monoisotopic (exact) mass is 449 g/mol. The number of ether oxygens (including phenoxy) is 4. The number of ketones is 1. The summed E-state index contributed by atoms with van der Waals surface area (Å²) < 4.78 is 23.0. The molecule has 0 N–H and O–H groups in total. The highest BCUT2D eigenvalue weighted by molar-refractivity contribution is 5.96. The van der Waals surface area contributed by atoms with Gasteiger partial charge in [0.2, 0.25) is 0 Å². The van der Waals surface area contributed by atoms with Gasteiger partial charge in [-0.05, 0) is 61.8 Å². The summed E-state index contributed by atoms with van der Waals surface area (Å²) in [5.74, 6) is 3.03. The predicted molar refractivity (Wildman–Crippen MR) is 125 cm³/mol. The fraction of sp³-hybridized carbons (Fsp3) is 0.444. The molecule has 2 aromatic rings. The van der Waals surface area contributed by atoms with Gasteiger partial charge in [-0.25, -0.2) is 0 Å². The molecule has 1 aliphatic heterocycles. The van der Waals surface area contributed by atoms with Crippen LogP contribution in [0.4, 0.5) is 0 Å². The lowest BCUT2D eigenvalue weighted by Crippen LogP contribution is -2.60. The van der Waals surface area contributed by atoms with E-state index in [1.54, 1.807) is 21.3 Å². The molecule has 33 heavy (non-hydrogen) atoms. The average Bonchev–Trinajstić information content (AvgIpc) is 2.84. The number of likely N-dealkylation sites (N-methyl/N-ethyl adjacent to an activating group) is 1. The maximum absolute atomic E-state index is 13.1. The number of carbonyl (C=O) groups excluding carboxylic acids is 1. The highest BCUT2D eigenvalue weighted by atomic mass is 16.5. The van der Waals surface area contributed by atoms with E-state index in [0.717, 1.165) is 42.0 Å². The summed E-state index contributed by atoms with van der Waals surface area (Å²) in [5.41, 5.74) is 3.12. The number of rotatable bonds is 6. The number of methoxy groups -OCH3 is 3. The van der Waals surface area contributed by atoms with Crippen LogP contribution in [0.2, 0.25) is 0 Å².